The highest BCUT2D eigenvalue weighted by atomic mass is 15.1. The maximum atomic E-state index is 2.12. The average Bonchev–Trinajstić information content (AvgIpc) is 1.77. The van der Waals surface area contributed by atoms with Gasteiger partial charge >= 0.3 is 0 Å². The first-order valence-corrected chi connectivity index (χ1v) is 2.73. The van der Waals surface area contributed by atoms with E-state index in [1.165, 1.54) is 0 Å². The predicted octanol–water partition coefficient (Wildman–Crippen LogP) is -0.0885. The predicted molar refractivity (Wildman–Crippen MR) is 35.3 cm³/mol. The molecular formula is C5H10BN2. The highest BCUT2D eigenvalue weighted by molar-refractivity contribution is 6.32. The lowest BCUT2D eigenvalue weighted by Crippen LogP contribution is -2.32. The van der Waals surface area contributed by atoms with Crippen molar-refractivity contribution in [3.63, 3.8) is 0 Å². The first-order valence-electron chi connectivity index (χ1n) is 2.73. The van der Waals surface area contributed by atoms with Gasteiger partial charge < -0.3 is 9.71 Å². The first kappa shape index (κ1) is 5.54. The van der Waals surface area contributed by atoms with Crippen molar-refractivity contribution in [3.05, 3.63) is 12.4 Å². The summed E-state index contributed by atoms with van der Waals surface area (Å²) < 4.78 is 0. The SMILES string of the molecule is CN1[B]CN(C)C=C1. The second-order valence-corrected chi connectivity index (χ2v) is 2.09. The normalized spacial score (nSPS) is 18.8. The van der Waals surface area contributed by atoms with Crippen LogP contribution in [0.3, 0.4) is 0 Å². The summed E-state index contributed by atoms with van der Waals surface area (Å²) in [6.45, 7) is 0. The van der Waals surface area contributed by atoms with E-state index < -0.39 is 0 Å². The molecule has 0 spiro atoms. The van der Waals surface area contributed by atoms with Crippen LogP contribution in [0.1, 0.15) is 0 Å². The monoisotopic (exact) mass is 109 g/mol. The Morgan fingerprint density at radius 3 is 2.50 bits per heavy atom. The summed E-state index contributed by atoms with van der Waals surface area (Å²) >= 11 is 0. The zero-order chi connectivity index (χ0) is 5.98. The third kappa shape index (κ3) is 1.19. The molecule has 8 heavy (non-hydrogen) atoms. The molecule has 1 aliphatic heterocycles. The van der Waals surface area contributed by atoms with Crippen LogP contribution in [0.25, 0.3) is 0 Å². The van der Waals surface area contributed by atoms with Gasteiger partial charge in [0.2, 0.25) is 0 Å². The standard InChI is InChI=1S/C5H10BN2/c1-7-3-4-8(2)6-5-7/h3-4H,5H2,1-2H3. The Kier molecular flexibility index (Phi) is 1.46. The Morgan fingerprint density at radius 2 is 2.12 bits per heavy atom. The Morgan fingerprint density at radius 1 is 1.38 bits per heavy atom. The second-order valence-electron chi connectivity index (χ2n) is 2.09. The molecule has 1 aliphatic rings. The van der Waals surface area contributed by atoms with Crippen LogP contribution in [-0.2, 0) is 0 Å². The Labute approximate surface area is 51.0 Å². The topological polar surface area (TPSA) is 6.48 Å². The zero-order valence-corrected chi connectivity index (χ0v) is 5.33. The number of rotatable bonds is 0. The molecule has 0 aromatic rings. The molecule has 0 aliphatic carbocycles. The number of hydrogen-bond donors (Lipinski definition) is 0. The Hall–Kier alpha value is -0.595. The third-order valence-corrected chi connectivity index (χ3v) is 1.21. The van der Waals surface area contributed by atoms with Crippen molar-refractivity contribution in [2.45, 2.75) is 0 Å². The van der Waals surface area contributed by atoms with Crippen LogP contribution in [0.2, 0.25) is 0 Å². The lowest BCUT2D eigenvalue weighted by molar-refractivity contribution is 0.485. The van der Waals surface area contributed by atoms with Gasteiger partial charge in [-0.1, -0.05) is 0 Å². The number of hydrogen-bond acceptors (Lipinski definition) is 2. The van der Waals surface area contributed by atoms with E-state index in [1.54, 1.807) is 0 Å². The first-order chi connectivity index (χ1) is 3.79. The molecule has 3 heteroatoms. The molecule has 43 valence electrons. The summed E-state index contributed by atoms with van der Waals surface area (Å²) in [6.07, 6.45) is 5.11. The summed E-state index contributed by atoms with van der Waals surface area (Å²) in [5, 5.41) is 0. The molecule has 1 radical (unpaired) electrons. The van der Waals surface area contributed by atoms with Crippen LogP contribution >= 0.6 is 0 Å². The van der Waals surface area contributed by atoms with Crippen LogP contribution in [-0.4, -0.2) is 37.7 Å². The molecule has 2 nitrogen and oxygen atoms in total. The minimum atomic E-state index is 1.02. The summed E-state index contributed by atoms with van der Waals surface area (Å²) in [5.41, 5.74) is 0. The van der Waals surface area contributed by atoms with Crippen LogP contribution in [0.4, 0.5) is 0 Å². The van der Waals surface area contributed by atoms with Crippen molar-refractivity contribution in [2.75, 3.05) is 20.5 Å². The van der Waals surface area contributed by atoms with Gasteiger partial charge in [0.15, 0.2) is 0 Å². The molecule has 0 atom stereocenters. The Balaban J connectivity index is 2.42. The van der Waals surface area contributed by atoms with Crippen molar-refractivity contribution in [1.29, 1.82) is 0 Å². The quantitative estimate of drug-likeness (QED) is 0.401. The zero-order valence-electron chi connectivity index (χ0n) is 5.33. The van der Waals surface area contributed by atoms with E-state index in [0.29, 0.717) is 0 Å². The molecule has 0 aromatic carbocycles. The smallest absolute Gasteiger partial charge is 0.266 e. The van der Waals surface area contributed by atoms with E-state index in [-0.39, 0.29) is 0 Å². The minimum Gasteiger partial charge on any atom is -0.425 e. The highest BCUT2D eigenvalue weighted by Crippen LogP contribution is 1.93. The van der Waals surface area contributed by atoms with Crippen molar-refractivity contribution in [3.8, 4) is 0 Å². The largest absolute Gasteiger partial charge is 0.425 e. The lowest BCUT2D eigenvalue weighted by Gasteiger charge is -2.23. The fraction of sp³-hybridized carbons (Fsp3) is 0.600. The van der Waals surface area contributed by atoms with E-state index >= 15 is 0 Å². The van der Waals surface area contributed by atoms with Crippen molar-refractivity contribution < 1.29 is 0 Å². The molecule has 0 aromatic heterocycles. The third-order valence-electron chi connectivity index (χ3n) is 1.21. The van der Waals surface area contributed by atoms with Gasteiger partial charge in [-0.15, -0.1) is 0 Å². The second kappa shape index (κ2) is 2.12. The average molecular weight is 109 g/mol. The van der Waals surface area contributed by atoms with Crippen LogP contribution < -0.4 is 0 Å². The summed E-state index contributed by atoms with van der Waals surface area (Å²) in [7, 11) is 6.21. The van der Waals surface area contributed by atoms with Crippen molar-refractivity contribution in [2.24, 2.45) is 0 Å². The molecule has 1 rings (SSSR count). The van der Waals surface area contributed by atoms with Gasteiger partial charge in [0.1, 0.15) is 0 Å². The summed E-state index contributed by atoms with van der Waals surface area (Å²) in [6, 6.07) is 0. The summed E-state index contributed by atoms with van der Waals surface area (Å²) in [4.78, 5) is 4.18. The van der Waals surface area contributed by atoms with E-state index in [9.17, 15) is 0 Å². The van der Waals surface area contributed by atoms with Gasteiger partial charge in [0.25, 0.3) is 7.41 Å². The van der Waals surface area contributed by atoms with Crippen LogP contribution in [0, 0.1) is 0 Å². The maximum absolute atomic E-state index is 2.12. The molecule has 0 saturated heterocycles. The molecular weight excluding hydrogens is 98.9 g/mol. The van der Waals surface area contributed by atoms with Crippen molar-refractivity contribution >= 4 is 7.41 Å². The van der Waals surface area contributed by atoms with Gasteiger partial charge in [-0.2, -0.15) is 0 Å². The van der Waals surface area contributed by atoms with Gasteiger partial charge in [-0.05, 0) is 7.05 Å². The van der Waals surface area contributed by atoms with Crippen LogP contribution in [0.15, 0.2) is 12.4 Å². The van der Waals surface area contributed by atoms with Crippen LogP contribution in [0.5, 0.6) is 0 Å². The molecule has 0 fully saturated rings. The van der Waals surface area contributed by atoms with E-state index in [1.807, 2.05) is 13.2 Å². The van der Waals surface area contributed by atoms with E-state index in [0.717, 1.165) is 6.44 Å². The fourth-order valence-corrected chi connectivity index (χ4v) is 0.598. The van der Waals surface area contributed by atoms with Crippen molar-refractivity contribution in [1.82, 2.24) is 9.71 Å². The minimum absolute atomic E-state index is 1.02. The maximum Gasteiger partial charge on any atom is 0.266 e. The van der Waals surface area contributed by atoms with Gasteiger partial charge in [0.05, 0.1) is 0 Å². The molecule has 0 bridgehead atoms. The molecule has 0 unspecified atom stereocenters. The molecule has 1 heterocycles. The Bertz CT molecular complexity index is 90.6. The lowest BCUT2D eigenvalue weighted by atomic mass is 9.91. The van der Waals surface area contributed by atoms with Gasteiger partial charge in [-0.3, -0.25) is 0 Å². The highest BCUT2D eigenvalue weighted by Gasteiger charge is 2.02. The molecule has 0 N–H and O–H groups in total. The molecule has 0 saturated carbocycles. The number of nitrogens with zero attached hydrogens (tertiary/aromatic N) is 2. The fourth-order valence-electron chi connectivity index (χ4n) is 0.598. The summed E-state index contributed by atoms with van der Waals surface area (Å²) in [5.74, 6) is 0. The van der Waals surface area contributed by atoms with Gasteiger partial charge in [0, 0.05) is 25.9 Å². The van der Waals surface area contributed by atoms with Gasteiger partial charge in [-0.25, -0.2) is 0 Å². The van der Waals surface area contributed by atoms with E-state index in [4.69, 9.17) is 0 Å². The molecule has 0 amide bonds. The van der Waals surface area contributed by atoms with E-state index in [2.05, 4.69) is 30.4 Å².